The van der Waals surface area contributed by atoms with E-state index >= 15 is 0 Å². The summed E-state index contributed by atoms with van der Waals surface area (Å²) in [6.07, 6.45) is 50.3. The van der Waals surface area contributed by atoms with E-state index in [0.717, 1.165) is 83.5 Å². The first kappa shape index (κ1) is 52.6. The second-order valence-electron chi connectivity index (χ2n) is 15.7. The first-order valence-electron chi connectivity index (χ1n) is 23.5. The third kappa shape index (κ3) is 42.6. The number of hydrogen-bond donors (Lipinski definition) is 0. The Morgan fingerprint density at radius 2 is 0.655 bits per heavy atom. The average molecular weight is 773 g/mol. The minimum Gasteiger partial charge on any atom is -0.462 e. The standard InChI is InChI=1S/C49H88O6/c1-4-7-10-13-15-17-18-19-20-21-22-23-24-25-26-27-28-29-30-32-33-36-39-42-48(51)54-45-46(44-53-47(50)41-38-35-12-9-6-3)55-49(52)43-40-37-34-31-16-14-11-8-5-2/h18-19,21-22,24-25,46H,4-17,20,23,26-45H2,1-3H3/b19-18-,22-21-,25-24-. The molecule has 0 aromatic heterocycles. The van der Waals surface area contributed by atoms with Gasteiger partial charge >= 0.3 is 17.9 Å². The van der Waals surface area contributed by atoms with Gasteiger partial charge in [0.1, 0.15) is 13.2 Å². The van der Waals surface area contributed by atoms with Gasteiger partial charge in [-0.05, 0) is 57.8 Å². The molecule has 0 aliphatic heterocycles. The zero-order chi connectivity index (χ0) is 40.1. The largest absolute Gasteiger partial charge is 0.462 e. The van der Waals surface area contributed by atoms with Crippen molar-refractivity contribution < 1.29 is 28.6 Å². The summed E-state index contributed by atoms with van der Waals surface area (Å²) >= 11 is 0. The molecule has 0 spiro atoms. The van der Waals surface area contributed by atoms with Crippen LogP contribution in [0.5, 0.6) is 0 Å². The highest BCUT2D eigenvalue weighted by atomic mass is 16.6. The molecular formula is C49H88O6. The maximum Gasteiger partial charge on any atom is 0.306 e. The third-order valence-electron chi connectivity index (χ3n) is 10.1. The van der Waals surface area contributed by atoms with Gasteiger partial charge in [-0.2, -0.15) is 0 Å². The molecule has 0 amide bonds. The number of unbranched alkanes of at least 4 members (excludes halogenated alkanes) is 25. The Balaban J connectivity index is 4.08. The molecule has 0 aliphatic carbocycles. The van der Waals surface area contributed by atoms with E-state index < -0.39 is 6.10 Å². The number of esters is 3. The molecular weight excluding hydrogens is 685 g/mol. The van der Waals surface area contributed by atoms with E-state index in [9.17, 15) is 14.4 Å². The number of carbonyl (C=O) groups excluding carboxylic acids is 3. The summed E-state index contributed by atoms with van der Waals surface area (Å²) < 4.78 is 16.6. The SMILES string of the molecule is CCCCCCC/C=C\C/C=C\C/C=C\CCCCCCCCCCC(=O)OCC(COC(=O)CCCCCCC)OC(=O)CCCCCCCCCCC. The molecule has 0 rings (SSSR count). The molecule has 1 atom stereocenters. The Kier molecular flexibility index (Phi) is 42.4. The topological polar surface area (TPSA) is 78.9 Å². The van der Waals surface area contributed by atoms with Gasteiger partial charge < -0.3 is 14.2 Å². The minimum atomic E-state index is -0.765. The van der Waals surface area contributed by atoms with Gasteiger partial charge in [0.15, 0.2) is 6.10 Å². The van der Waals surface area contributed by atoms with Crippen LogP contribution in [0.4, 0.5) is 0 Å². The van der Waals surface area contributed by atoms with Crippen LogP contribution in [0.25, 0.3) is 0 Å². The van der Waals surface area contributed by atoms with Gasteiger partial charge in [-0.1, -0.05) is 198 Å². The Bertz CT molecular complexity index is 938. The molecule has 6 heteroatoms. The number of allylic oxidation sites excluding steroid dienone is 6. The minimum absolute atomic E-state index is 0.0738. The number of ether oxygens (including phenoxy) is 3. The van der Waals surface area contributed by atoms with Crippen LogP contribution in [0.3, 0.4) is 0 Å². The average Bonchev–Trinajstić information content (AvgIpc) is 3.18. The van der Waals surface area contributed by atoms with E-state index in [1.54, 1.807) is 0 Å². The molecule has 0 radical (unpaired) electrons. The lowest BCUT2D eigenvalue weighted by Gasteiger charge is -2.18. The third-order valence-corrected chi connectivity index (χ3v) is 10.1. The fraction of sp³-hybridized carbons (Fsp3) is 0.816. The summed E-state index contributed by atoms with van der Waals surface area (Å²) in [5.41, 5.74) is 0. The Labute approximate surface area is 340 Å². The molecule has 0 aliphatic rings. The zero-order valence-electron chi connectivity index (χ0n) is 36.4. The fourth-order valence-corrected chi connectivity index (χ4v) is 6.57. The zero-order valence-corrected chi connectivity index (χ0v) is 36.4. The maximum atomic E-state index is 12.6. The first-order valence-corrected chi connectivity index (χ1v) is 23.5. The summed E-state index contributed by atoms with van der Waals surface area (Å²) in [6.45, 7) is 6.51. The van der Waals surface area contributed by atoms with Gasteiger partial charge in [-0.15, -0.1) is 0 Å². The molecule has 0 saturated heterocycles. The highest BCUT2D eigenvalue weighted by Crippen LogP contribution is 2.14. The number of carbonyl (C=O) groups is 3. The Hall–Kier alpha value is -2.37. The van der Waals surface area contributed by atoms with Crippen molar-refractivity contribution in [2.75, 3.05) is 13.2 Å². The number of rotatable bonds is 42. The summed E-state index contributed by atoms with van der Waals surface area (Å²) in [7, 11) is 0. The van der Waals surface area contributed by atoms with Crippen molar-refractivity contribution in [2.24, 2.45) is 0 Å². The van der Waals surface area contributed by atoms with E-state index in [-0.39, 0.29) is 31.1 Å². The Morgan fingerprint density at radius 1 is 0.364 bits per heavy atom. The van der Waals surface area contributed by atoms with Crippen LogP contribution in [0.1, 0.15) is 239 Å². The van der Waals surface area contributed by atoms with E-state index in [2.05, 4.69) is 57.2 Å². The normalized spacial score (nSPS) is 12.3. The van der Waals surface area contributed by atoms with Crippen LogP contribution < -0.4 is 0 Å². The van der Waals surface area contributed by atoms with Gasteiger partial charge in [0.05, 0.1) is 0 Å². The van der Waals surface area contributed by atoms with Crippen LogP contribution in [-0.2, 0) is 28.6 Å². The van der Waals surface area contributed by atoms with Gasteiger partial charge in [0.2, 0.25) is 0 Å². The Morgan fingerprint density at radius 3 is 1.02 bits per heavy atom. The first-order chi connectivity index (χ1) is 27.0. The highest BCUT2D eigenvalue weighted by molar-refractivity contribution is 5.71. The molecule has 0 fully saturated rings. The van der Waals surface area contributed by atoms with Crippen LogP contribution in [0.2, 0.25) is 0 Å². The predicted molar refractivity (Wildman–Crippen MR) is 233 cm³/mol. The van der Waals surface area contributed by atoms with Gasteiger partial charge in [0, 0.05) is 19.3 Å². The second kappa shape index (κ2) is 44.3. The number of hydrogen-bond acceptors (Lipinski definition) is 6. The molecule has 0 saturated carbocycles. The summed E-state index contributed by atoms with van der Waals surface area (Å²) in [4.78, 5) is 37.4. The summed E-state index contributed by atoms with van der Waals surface area (Å²) in [5.74, 6) is -0.895. The second-order valence-corrected chi connectivity index (χ2v) is 15.7. The van der Waals surface area contributed by atoms with Gasteiger partial charge in [-0.3, -0.25) is 14.4 Å². The van der Waals surface area contributed by atoms with Gasteiger partial charge in [0.25, 0.3) is 0 Å². The van der Waals surface area contributed by atoms with Crippen molar-refractivity contribution in [3.8, 4) is 0 Å². The van der Waals surface area contributed by atoms with E-state index in [1.165, 1.54) is 116 Å². The molecule has 0 heterocycles. The van der Waals surface area contributed by atoms with Crippen molar-refractivity contribution in [3.05, 3.63) is 36.5 Å². The van der Waals surface area contributed by atoms with Crippen molar-refractivity contribution in [3.63, 3.8) is 0 Å². The van der Waals surface area contributed by atoms with Crippen molar-refractivity contribution in [1.82, 2.24) is 0 Å². The molecule has 0 aromatic rings. The van der Waals surface area contributed by atoms with Crippen LogP contribution >= 0.6 is 0 Å². The molecule has 0 N–H and O–H groups in total. The fourth-order valence-electron chi connectivity index (χ4n) is 6.57. The van der Waals surface area contributed by atoms with Crippen LogP contribution in [0, 0.1) is 0 Å². The molecule has 6 nitrogen and oxygen atoms in total. The predicted octanol–water partition coefficient (Wildman–Crippen LogP) is 15.0. The van der Waals surface area contributed by atoms with Crippen molar-refractivity contribution >= 4 is 17.9 Å². The highest BCUT2D eigenvalue weighted by Gasteiger charge is 2.19. The molecule has 0 aromatic carbocycles. The molecule has 0 bridgehead atoms. The van der Waals surface area contributed by atoms with Crippen molar-refractivity contribution in [2.45, 2.75) is 245 Å². The van der Waals surface area contributed by atoms with Crippen LogP contribution in [0.15, 0.2) is 36.5 Å². The smallest absolute Gasteiger partial charge is 0.306 e. The van der Waals surface area contributed by atoms with Crippen LogP contribution in [-0.4, -0.2) is 37.2 Å². The monoisotopic (exact) mass is 773 g/mol. The van der Waals surface area contributed by atoms with E-state index in [4.69, 9.17) is 14.2 Å². The molecule has 55 heavy (non-hydrogen) atoms. The molecule has 320 valence electrons. The van der Waals surface area contributed by atoms with E-state index in [0.29, 0.717) is 19.3 Å². The summed E-state index contributed by atoms with van der Waals surface area (Å²) in [6, 6.07) is 0. The lowest BCUT2D eigenvalue weighted by Crippen LogP contribution is -2.30. The lowest BCUT2D eigenvalue weighted by atomic mass is 10.1. The quantitative estimate of drug-likeness (QED) is 0.0266. The lowest BCUT2D eigenvalue weighted by molar-refractivity contribution is -0.167. The summed E-state index contributed by atoms with van der Waals surface area (Å²) in [5, 5.41) is 0. The van der Waals surface area contributed by atoms with Gasteiger partial charge in [-0.25, -0.2) is 0 Å². The molecule has 1 unspecified atom stereocenters. The maximum absolute atomic E-state index is 12.6. The van der Waals surface area contributed by atoms with Crippen molar-refractivity contribution in [1.29, 1.82) is 0 Å². The van der Waals surface area contributed by atoms with E-state index in [1.807, 2.05) is 0 Å².